The molecule has 0 bridgehead atoms. The summed E-state index contributed by atoms with van der Waals surface area (Å²) in [6, 6.07) is 7.71. The number of aromatic hydroxyl groups is 1. The van der Waals surface area contributed by atoms with Crippen molar-refractivity contribution < 1.29 is 44.9 Å². The lowest BCUT2D eigenvalue weighted by Crippen LogP contribution is -2.63. The van der Waals surface area contributed by atoms with E-state index in [9.17, 15) is 44.9 Å². The van der Waals surface area contributed by atoms with E-state index < -0.39 is 63.8 Å². The Hall–Kier alpha value is -4.55. The quantitative estimate of drug-likeness (QED) is 0.246. The third kappa shape index (κ3) is 3.56. The van der Waals surface area contributed by atoms with E-state index in [0.717, 1.165) is 0 Å². The van der Waals surface area contributed by atoms with Crippen molar-refractivity contribution in [2.45, 2.75) is 24.5 Å². The smallest absolute Gasteiger partial charge is 0.317 e. The summed E-state index contributed by atoms with van der Waals surface area (Å²) in [6.45, 7) is 0. The van der Waals surface area contributed by atoms with Crippen molar-refractivity contribution in [1.29, 1.82) is 0 Å². The number of fused-ring (bicyclic) bond motifs is 3. The highest BCUT2D eigenvalue weighted by molar-refractivity contribution is 6.24. The molecule has 12 heteroatoms. The monoisotopic (exact) mass is 536 g/mol. The first-order valence-electron chi connectivity index (χ1n) is 12.1. The Morgan fingerprint density at radius 2 is 1.82 bits per heavy atom. The molecule has 4 atom stereocenters. The first-order chi connectivity index (χ1) is 18.3. The maximum absolute atomic E-state index is 13.8. The van der Waals surface area contributed by atoms with Crippen LogP contribution in [-0.2, 0) is 16.0 Å². The average Bonchev–Trinajstić information content (AvgIpc) is 2.86. The molecule has 1 amide bonds. The second-order valence-corrected chi connectivity index (χ2v) is 10.3. The fourth-order valence-electron chi connectivity index (χ4n) is 6.31. The van der Waals surface area contributed by atoms with Crippen molar-refractivity contribution in [1.82, 2.24) is 4.90 Å². The molecule has 202 valence electrons. The molecule has 5 rings (SSSR count). The van der Waals surface area contributed by atoms with Gasteiger partial charge in [0.05, 0.1) is 16.5 Å². The molecule has 2 aromatic carbocycles. The highest BCUT2D eigenvalue weighted by Crippen LogP contribution is 2.53. The summed E-state index contributed by atoms with van der Waals surface area (Å²) in [4.78, 5) is 51.8. The molecule has 0 heterocycles. The Morgan fingerprint density at radius 1 is 1.13 bits per heavy atom. The zero-order valence-electron chi connectivity index (χ0n) is 21.0. The first-order valence-corrected chi connectivity index (χ1v) is 12.1. The van der Waals surface area contributed by atoms with Gasteiger partial charge in [-0.05, 0) is 55.6 Å². The van der Waals surface area contributed by atoms with Gasteiger partial charge in [-0.25, -0.2) is 5.21 Å². The number of phenols is 1. The minimum atomic E-state index is -2.72. The van der Waals surface area contributed by atoms with Crippen LogP contribution in [0.3, 0.4) is 0 Å². The summed E-state index contributed by atoms with van der Waals surface area (Å²) in [5.41, 5.74) is 2.64. The predicted molar refractivity (Wildman–Crippen MR) is 134 cm³/mol. The van der Waals surface area contributed by atoms with Crippen molar-refractivity contribution in [3.8, 4) is 16.9 Å². The van der Waals surface area contributed by atoms with E-state index in [1.807, 2.05) is 0 Å². The van der Waals surface area contributed by atoms with E-state index in [2.05, 4.69) is 0 Å². The summed E-state index contributed by atoms with van der Waals surface area (Å²) < 4.78 is 0. The summed E-state index contributed by atoms with van der Waals surface area (Å²) >= 11 is 0. The average molecular weight is 537 g/mol. The lowest BCUT2D eigenvalue weighted by Gasteiger charge is -2.50. The number of ketones is 2. The number of Topliss-reactive ketones (excluding diaryl/α,β-unsaturated/α-hetero) is 2. The molecule has 3 aliphatic rings. The number of benzene rings is 2. The molecule has 39 heavy (non-hydrogen) atoms. The minimum Gasteiger partial charge on any atom is -0.510 e. The Morgan fingerprint density at radius 3 is 2.44 bits per heavy atom. The zero-order chi connectivity index (χ0) is 28.5. The highest BCUT2D eigenvalue weighted by Gasteiger charge is 2.63. The normalized spacial score (nSPS) is 26.3. The molecule has 0 saturated carbocycles. The Kier molecular flexibility index (Phi) is 5.85. The first kappa shape index (κ1) is 26.1. The molecule has 3 aliphatic carbocycles. The number of nitrogens with zero attached hydrogens (tertiary/aromatic N) is 2. The second-order valence-electron chi connectivity index (χ2n) is 10.3. The number of carbonyl (C=O) groups is 3. The van der Waals surface area contributed by atoms with Crippen LogP contribution in [0.2, 0.25) is 0 Å². The van der Waals surface area contributed by atoms with Crippen LogP contribution in [0.25, 0.3) is 11.1 Å². The van der Waals surface area contributed by atoms with Crippen LogP contribution < -0.4 is 5.73 Å². The standard InChI is InChI=1S/C27H25N3O9/c1-29(2)21-16-10-12-9-15-14(11-4-3-5-13(8-11)30(38)39)6-7-17(31)19(15)22(32)18(12)24(34)27(16,37)25(35)20(23(21)33)26(28)36/h3-8,12,16,21,37H,9-10H2,1-2H3,(H5-,28,31,32,33,34,35,36,38,39)/p+1/t12-,16-,21-,27-/m0/s1. The van der Waals surface area contributed by atoms with Crippen LogP contribution >= 0.6 is 0 Å². The SMILES string of the molecule is CN(C)[C@@H]1C(O)=C(C(N)=O)C(=O)[C@@]2(O)C(O)=C3C(=O)c4c(O)ccc(-c5cccc([N+](=O)O)c5)c4C[C@H]3C[C@@H]12. The number of aliphatic hydroxyl groups excluding tert-OH is 2. The van der Waals surface area contributed by atoms with Gasteiger partial charge in [0.25, 0.3) is 10.8 Å². The summed E-state index contributed by atoms with van der Waals surface area (Å²) in [7, 11) is 3.10. The van der Waals surface area contributed by atoms with Crippen LogP contribution in [-0.4, -0.2) is 78.7 Å². The van der Waals surface area contributed by atoms with Gasteiger partial charge in [-0.3, -0.25) is 19.3 Å². The number of hydrogen-bond donors (Lipinski definition) is 6. The lowest BCUT2D eigenvalue weighted by atomic mass is 9.58. The van der Waals surface area contributed by atoms with Crippen LogP contribution in [0, 0.1) is 16.7 Å². The molecule has 0 spiro atoms. The molecule has 2 aromatic rings. The maximum Gasteiger partial charge on any atom is 0.317 e. The third-order valence-electron chi connectivity index (χ3n) is 7.98. The topological polar surface area (TPSA) is 202 Å². The van der Waals surface area contributed by atoms with Crippen LogP contribution in [0.4, 0.5) is 5.69 Å². The molecule has 0 radical (unpaired) electrons. The highest BCUT2D eigenvalue weighted by atomic mass is 16.6. The number of primary amides is 1. The number of phenolic OH excluding ortho intramolecular Hbond substituents is 1. The molecule has 7 N–H and O–H groups in total. The number of nitrogens with two attached hydrogens (primary N) is 1. The van der Waals surface area contributed by atoms with E-state index in [0.29, 0.717) is 16.7 Å². The van der Waals surface area contributed by atoms with Crippen LogP contribution in [0.5, 0.6) is 5.75 Å². The van der Waals surface area contributed by atoms with Gasteiger partial charge in [0, 0.05) is 23.6 Å². The van der Waals surface area contributed by atoms with E-state index >= 15 is 0 Å². The number of hydrogen-bond acceptors (Lipinski definition) is 9. The van der Waals surface area contributed by atoms with Crippen LogP contribution in [0.15, 0.2) is 59.1 Å². The second kappa shape index (κ2) is 8.75. The number of aliphatic hydroxyl groups is 3. The van der Waals surface area contributed by atoms with Crippen LogP contribution in [0.1, 0.15) is 22.3 Å². The third-order valence-corrected chi connectivity index (χ3v) is 7.98. The van der Waals surface area contributed by atoms with E-state index in [1.165, 1.54) is 29.2 Å². The fraction of sp³-hybridized carbons (Fsp3) is 0.296. The Labute approximate surface area is 221 Å². The van der Waals surface area contributed by atoms with Gasteiger partial charge in [0.15, 0.2) is 11.4 Å². The molecule has 0 fully saturated rings. The summed E-state index contributed by atoms with van der Waals surface area (Å²) in [5.74, 6) is -7.29. The Balaban J connectivity index is 1.72. The Bertz CT molecular complexity index is 1560. The largest absolute Gasteiger partial charge is 0.510 e. The molecule has 0 unspecified atom stereocenters. The summed E-state index contributed by atoms with van der Waals surface area (Å²) in [5, 5.41) is 53.9. The number of likely N-dealkylation sites (N-methyl/N-ethyl adjacent to an activating group) is 1. The lowest BCUT2D eigenvalue weighted by molar-refractivity contribution is -0.729. The number of allylic oxidation sites excluding steroid dienone is 1. The van der Waals surface area contributed by atoms with Gasteiger partial charge in [-0.15, -0.1) is 0 Å². The van der Waals surface area contributed by atoms with E-state index in [-0.39, 0.29) is 34.6 Å². The number of amides is 1. The van der Waals surface area contributed by atoms with Gasteiger partial charge in [0.1, 0.15) is 22.8 Å². The maximum atomic E-state index is 13.8. The van der Waals surface area contributed by atoms with Crippen molar-refractivity contribution in [2.24, 2.45) is 17.6 Å². The predicted octanol–water partition coefficient (Wildman–Crippen LogP) is 1.59. The van der Waals surface area contributed by atoms with Crippen molar-refractivity contribution in [3.05, 3.63) is 75.1 Å². The molecular formula is C27H26N3O9+. The molecule has 0 aromatic heterocycles. The molecule has 0 aliphatic heterocycles. The summed E-state index contributed by atoms with van der Waals surface area (Å²) in [6.07, 6.45) is 0.0363. The number of rotatable bonds is 4. The van der Waals surface area contributed by atoms with Gasteiger partial charge in [0.2, 0.25) is 5.78 Å². The van der Waals surface area contributed by atoms with E-state index in [1.54, 1.807) is 26.2 Å². The van der Waals surface area contributed by atoms with Gasteiger partial charge in [-0.1, -0.05) is 18.2 Å². The van der Waals surface area contributed by atoms with Gasteiger partial charge in [-0.2, -0.15) is 0 Å². The molecule has 0 saturated heterocycles. The molecule has 12 nitrogen and oxygen atoms in total. The van der Waals surface area contributed by atoms with E-state index in [4.69, 9.17) is 5.73 Å². The molecular weight excluding hydrogens is 510 g/mol. The van der Waals surface area contributed by atoms with Gasteiger partial charge < -0.3 is 26.2 Å². The van der Waals surface area contributed by atoms with Crippen molar-refractivity contribution in [2.75, 3.05) is 14.1 Å². The zero-order valence-corrected chi connectivity index (χ0v) is 21.0. The van der Waals surface area contributed by atoms with Crippen molar-refractivity contribution in [3.63, 3.8) is 0 Å². The minimum absolute atomic E-state index is 0.0497. The fourth-order valence-corrected chi connectivity index (χ4v) is 6.31. The number of carbonyl (C=O) groups excluding carboxylic acids is 3. The van der Waals surface area contributed by atoms with Gasteiger partial charge >= 0.3 is 5.69 Å². The van der Waals surface area contributed by atoms with Crippen molar-refractivity contribution >= 4 is 23.2 Å².